The van der Waals surface area contributed by atoms with Crippen molar-refractivity contribution in [1.82, 2.24) is 10.3 Å². The molecular formula is C10H13BrN2. The Balaban J connectivity index is 2.18. The Morgan fingerprint density at radius 1 is 1.54 bits per heavy atom. The minimum atomic E-state index is 0.636. The van der Waals surface area contributed by atoms with Gasteiger partial charge in [-0.2, -0.15) is 0 Å². The molecule has 1 aromatic heterocycles. The zero-order valence-corrected chi connectivity index (χ0v) is 9.05. The number of hydrogen-bond donors (Lipinski definition) is 1. The van der Waals surface area contributed by atoms with Gasteiger partial charge in [0.15, 0.2) is 0 Å². The van der Waals surface area contributed by atoms with Crippen molar-refractivity contribution >= 4 is 15.9 Å². The number of nitrogens with zero attached hydrogens (tertiary/aromatic N) is 1. The largest absolute Gasteiger partial charge is 0.316 e. The van der Waals surface area contributed by atoms with Crippen LogP contribution in [0.4, 0.5) is 0 Å². The zero-order chi connectivity index (χ0) is 9.10. The van der Waals surface area contributed by atoms with Crippen molar-refractivity contribution in [2.24, 2.45) is 0 Å². The highest BCUT2D eigenvalue weighted by Gasteiger charge is 2.16. The van der Waals surface area contributed by atoms with Crippen LogP contribution in [0.1, 0.15) is 24.3 Å². The van der Waals surface area contributed by atoms with E-state index in [1.54, 1.807) is 0 Å². The van der Waals surface area contributed by atoms with Crippen LogP contribution in [0.5, 0.6) is 0 Å². The molecule has 0 amide bonds. The standard InChI is InChI=1S/C10H13BrN2/c11-10-3-5-13-7-9(10)8-2-1-4-12-6-8/h3,5,7-8,12H,1-2,4,6H2. The van der Waals surface area contributed by atoms with Gasteiger partial charge >= 0.3 is 0 Å². The Labute approximate surface area is 86.9 Å². The summed E-state index contributed by atoms with van der Waals surface area (Å²) in [5, 5.41) is 3.41. The number of hydrogen-bond acceptors (Lipinski definition) is 2. The molecule has 0 aliphatic carbocycles. The predicted molar refractivity (Wildman–Crippen MR) is 56.8 cm³/mol. The quantitative estimate of drug-likeness (QED) is 0.816. The summed E-state index contributed by atoms with van der Waals surface area (Å²) in [7, 11) is 0. The summed E-state index contributed by atoms with van der Waals surface area (Å²) in [6, 6.07) is 2.02. The molecule has 1 atom stereocenters. The monoisotopic (exact) mass is 240 g/mol. The molecule has 1 unspecified atom stereocenters. The van der Waals surface area contributed by atoms with Crippen LogP contribution in [0.15, 0.2) is 22.9 Å². The molecule has 0 radical (unpaired) electrons. The summed E-state index contributed by atoms with van der Waals surface area (Å²) in [5.74, 6) is 0.636. The highest BCUT2D eigenvalue weighted by Crippen LogP contribution is 2.28. The van der Waals surface area contributed by atoms with Crippen LogP contribution >= 0.6 is 15.9 Å². The molecule has 2 rings (SSSR count). The second kappa shape index (κ2) is 4.20. The molecule has 1 aromatic rings. The SMILES string of the molecule is Brc1ccncc1C1CCCNC1. The first-order valence-corrected chi connectivity index (χ1v) is 5.47. The van der Waals surface area contributed by atoms with Crippen LogP contribution in [-0.2, 0) is 0 Å². The molecule has 1 aliphatic rings. The molecular weight excluding hydrogens is 228 g/mol. The van der Waals surface area contributed by atoms with Crippen LogP contribution in [0.3, 0.4) is 0 Å². The highest BCUT2D eigenvalue weighted by molar-refractivity contribution is 9.10. The molecule has 0 saturated carbocycles. The average Bonchev–Trinajstić information content (AvgIpc) is 2.20. The number of piperidine rings is 1. The van der Waals surface area contributed by atoms with Gasteiger partial charge in [-0.05, 0) is 36.9 Å². The second-order valence-corrected chi connectivity index (χ2v) is 4.29. The lowest BCUT2D eigenvalue weighted by atomic mass is 9.93. The van der Waals surface area contributed by atoms with E-state index in [9.17, 15) is 0 Å². The third kappa shape index (κ3) is 2.09. The molecule has 1 fully saturated rings. The highest BCUT2D eigenvalue weighted by atomic mass is 79.9. The van der Waals surface area contributed by atoms with Crippen molar-refractivity contribution in [3.8, 4) is 0 Å². The molecule has 13 heavy (non-hydrogen) atoms. The molecule has 0 aromatic carbocycles. The van der Waals surface area contributed by atoms with E-state index in [0.29, 0.717) is 5.92 Å². The van der Waals surface area contributed by atoms with Gasteiger partial charge in [0.2, 0.25) is 0 Å². The third-order valence-electron chi connectivity index (χ3n) is 2.53. The summed E-state index contributed by atoms with van der Waals surface area (Å²) >= 11 is 3.56. The molecule has 0 spiro atoms. The Kier molecular flexibility index (Phi) is 2.96. The van der Waals surface area contributed by atoms with E-state index < -0.39 is 0 Å². The summed E-state index contributed by atoms with van der Waals surface area (Å²) in [6.45, 7) is 2.25. The molecule has 3 heteroatoms. The summed E-state index contributed by atoms with van der Waals surface area (Å²) in [5.41, 5.74) is 1.34. The fourth-order valence-electron chi connectivity index (χ4n) is 1.81. The Morgan fingerprint density at radius 3 is 3.15 bits per heavy atom. The van der Waals surface area contributed by atoms with Crippen LogP contribution in [0.25, 0.3) is 0 Å². The van der Waals surface area contributed by atoms with Crippen molar-refractivity contribution in [2.75, 3.05) is 13.1 Å². The predicted octanol–water partition coefficient (Wildman–Crippen LogP) is 2.31. The molecule has 1 N–H and O–H groups in total. The first-order chi connectivity index (χ1) is 6.38. The Bertz CT molecular complexity index is 282. The van der Waals surface area contributed by atoms with E-state index in [0.717, 1.165) is 13.1 Å². The maximum Gasteiger partial charge on any atom is 0.0314 e. The van der Waals surface area contributed by atoms with Gasteiger partial charge in [0.25, 0.3) is 0 Å². The van der Waals surface area contributed by atoms with Gasteiger partial charge in [-0.1, -0.05) is 15.9 Å². The van der Waals surface area contributed by atoms with E-state index >= 15 is 0 Å². The number of nitrogens with one attached hydrogen (secondary N) is 1. The molecule has 2 nitrogen and oxygen atoms in total. The minimum Gasteiger partial charge on any atom is -0.316 e. The van der Waals surface area contributed by atoms with Crippen molar-refractivity contribution in [1.29, 1.82) is 0 Å². The van der Waals surface area contributed by atoms with Gasteiger partial charge in [-0.3, -0.25) is 4.98 Å². The Hall–Kier alpha value is -0.410. The second-order valence-electron chi connectivity index (χ2n) is 3.44. The summed E-state index contributed by atoms with van der Waals surface area (Å²) in [6.07, 6.45) is 6.34. The van der Waals surface area contributed by atoms with Gasteiger partial charge in [-0.25, -0.2) is 0 Å². The minimum absolute atomic E-state index is 0.636. The van der Waals surface area contributed by atoms with Gasteiger partial charge in [0.05, 0.1) is 0 Å². The van der Waals surface area contributed by atoms with Crippen molar-refractivity contribution < 1.29 is 0 Å². The van der Waals surface area contributed by atoms with Gasteiger partial charge < -0.3 is 5.32 Å². The van der Waals surface area contributed by atoms with E-state index in [1.165, 1.54) is 22.9 Å². The number of pyridine rings is 1. The lowest BCUT2D eigenvalue weighted by Crippen LogP contribution is -2.28. The number of rotatable bonds is 1. The molecule has 70 valence electrons. The first-order valence-electron chi connectivity index (χ1n) is 4.68. The normalized spacial score (nSPS) is 23.0. The van der Waals surface area contributed by atoms with Crippen LogP contribution < -0.4 is 5.32 Å². The smallest absolute Gasteiger partial charge is 0.0314 e. The average molecular weight is 241 g/mol. The number of aromatic nitrogens is 1. The topological polar surface area (TPSA) is 24.9 Å². The molecule has 1 saturated heterocycles. The van der Waals surface area contributed by atoms with Gasteiger partial charge in [0, 0.05) is 23.4 Å². The summed E-state index contributed by atoms with van der Waals surface area (Å²) < 4.78 is 1.19. The number of halogens is 1. The van der Waals surface area contributed by atoms with Crippen LogP contribution in [0, 0.1) is 0 Å². The van der Waals surface area contributed by atoms with Crippen LogP contribution in [0.2, 0.25) is 0 Å². The van der Waals surface area contributed by atoms with E-state index in [-0.39, 0.29) is 0 Å². The zero-order valence-electron chi connectivity index (χ0n) is 7.46. The Morgan fingerprint density at radius 2 is 2.46 bits per heavy atom. The van der Waals surface area contributed by atoms with Crippen molar-refractivity contribution in [3.05, 3.63) is 28.5 Å². The van der Waals surface area contributed by atoms with E-state index in [2.05, 4.69) is 26.2 Å². The van der Waals surface area contributed by atoms with Crippen LogP contribution in [-0.4, -0.2) is 18.1 Å². The van der Waals surface area contributed by atoms with Crippen molar-refractivity contribution in [3.63, 3.8) is 0 Å². The van der Waals surface area contributed by atoms with Crippen molar-refractivity contribution in [2.45, 2.75) is 18.8 Å². The summed E-state index contributed by atoms with van der Waals surface area (Å²) in [4.78, 5) is 4.16. The van der Waals surface area contributed by atoms with Gasteiger partial charge in [-0.15, -0.1) is 0 Å². The third-order valence-corrected chi connectivity index (χ3v) is 3.26. The fraction of sp³-hybridized carbons (Fsp3) is 0.500. The van der Waals surface area contributed by atoms with E-state index in [4.69, 9.17) is 0 Å². The van der Waals surface area contributed by atoms with Gasteiger partial charge in [0.1, 0.15) is 0 Å². The van der Waals surface area contributed by atoms with E-state index in [1.807, 2.05) is 18.5 Å². The maximum atomic E-state index is 4.16. The molecule has 2 heterocycles. The lowest BCUT2D eigenvalue weighted by Gasteiger charge is -2.23. The fourth-order valence-corrected chi connectivity index (χ4v) is 2.35. The molecule has 1 aliphatic heterocycles. The lowest BCUT2D eigenvalue weighted by molar-refractivity contribution is 0.460. The first kappa shape index (κ1) is 9.16. The maximum absolute atomic E-state index is 4.16. The molecule has 0 bridgehead atoms.